The molecule has 14 heavy (non-hydrogen) atoms. The van der Waals surface area contributed by atoms with Crippen LogP contribution in [0.4, 0.5) is 0 Å². The molecule has 0 aromatic rings. The zero-order valence-electron chi connectivity index (χ0n) is 9.09. The quantitative estimate of drug-likeness (QED) is 0.705. The summed E-state index contributed by atoms with van der Waals surface area (Å²) in [5.41, 5.74) is 6.26. The first-order valence-corrected chi connectivity index (χ1v) is 5.80. The Morgan fingerprint density at radius 2 is 2.36 bits per heavy atom. The summed E-state index contributed by atoms with van der Waals surface area (Å²) in [6, 6.07) is 0.554. The smallest absolute Gasteiger partial charge is 0.0509 e. The van der Waals surface area contributed by atoms with Crippen molar-refractivity contribution < 1.29 is 4.74 Å². The predicted molar refractivity (Wildman–Crippen MR) is 57.2 cm³/mol. The average molecular weight is 198 g/mol. The van der Waals surface area contributed by atoms with Gasteiger partial charge in [-0.15, -0.1) is 0 Å². The molecule has 82 valence electrons. The van der Waals surface area contributed by atoms with Crippen molar-refractivity contribution in [2.24, 2.45) is 11.7 Å². The van der Waals surface area contributed by atoms with Crippen molar-refractivity contribution >= 4 is 0 Å². The molecule has 2 fully saturated rings. The highest BCUT2D eigenvalue weighted by molar-refractivity contribution is 4.95. The van der Waals surface area contributed by atoms with Gasteiger partial charge in [0.05, 0.1) is 6.61 Å². The van der Waals surface area contributed by atoms with E-state index in [2.05, 4.69) is 12.2 Å². The first-order valence-electron chi connectivity index (χ1n) is 5.80. The third-order valence-electron chi connectivity index (χ3n) is 3.80. The van der Waals surface area contributed by atoms with Crippen molar-refractivity contribution in [2.45, 2.75) is 44.2 Å². The van der Waals surface area contributed by atoms with E-state index in [1.165, 1.54) is 25.7 Å². The lowest BCUT2D eigenvalue weighted by atomic mass is 9.77. The summed E-state index contributed by atoms with van der Waals surface area (Å²) in [7, 11) is 0. The molecule has 0 aromatic carbocycles. The minimum atomic E-state index is 0.105. The van der Waals surface area contributed by atoms with Crippen LogP contribution in [0, 0.1) is 5.92 Å². The van der Waals surface area contributed by atoms with Gasteiger partial charge < -0.3 is 15.8 Å². The van der Waals surface area contributed by atoms with Crippen LogP contribution >= 0.6 is 0 Å². The van der Waals surface area contributed by atoms with E-state index in [1.807, 2.05) is 0 Å². The Kier molecular flexibility index (Phi) is 3.10. The standard InChI is InChI=1S/C11H22N2O/c1-9(10-3-6-14-7-10)13-8-11(12)4-2-5-11/h9-10,13H,2-8,12H2,1H3. The van der Waals surface area contributed by atoms with Gasteiger partial charge in [0, 0.05) is 24.7 Å². The molecule has 1 aliphatic heterocycles. The summed E-state index contributed by atoms with van der Waals surface area (Å²) in [5, 5.41) is 3.56. The molecule has 2 aliphatic rings. The number of nitrogens with one attached hydrogen (secondary N) is 1. The largest absolute Gasteiger partial charge is 0.381 e. The van der Waals surface area contributed by atoms with Crippen LogP contribution in [0.2, 0.25) is 0 Å². The second-order valence-electron chi connectivity index (χ2n) is 5.01. The molecule has 2 rings (SSSR count). The summed E-state index contributed by atoms with van der Waals surface area (Å²) in [5.74, 6) is 0.693. The fraction of sp³-hybridized carbons (Fsp3) is 1.00. The lowest BCUT2D eigenvalue weighted by molar-refractivity contribution is 0.172. The van der Waals surface area contributed by atoms with Gasteiger partial charge in [-0.05, 0) is 38.5 Å². The molecule has 3 nitrogen and oxygen atoms in total. The monoisotopic (exact) mass is 198 g/mol. The van der Waals surface area contributed by atoms with E-state index in [0.717, 1.165) is 19.8 Å². The molecular formula is C11H22N2O. The number of hydrogen-bond acceptors (Lipinski definition) is 3. The van der Waals surface area contributed by atoms with Gasteiger partial charge in [-0.1, -0.05) is 0 Å². The molecule has 1 saturated heterocycles. The highest BCUT2D eigenvalue weighted by Gasteiger charge is 2.33. The molecule has 3 heteroatoms. The molecule has 0 amide bonds. The van der Waals surface area contributed by atoms with Gasteiger partial charge in [0.2, 0.25) is 0 Å². The van der Waals surface area contributed by atoms with Crippen LogP contribution in [0.25, 0.3) is 0 Å². The first-order chi connectivity index (χ1) is 6.70. The molecule has 0 radical (unpaired) electrons. The molecule has 2 atom stereocenters. The van der Waals surface area contributed by atoms with Gasteiger partial charge >= 0.3 is 0 Å². The van der Waals surface area contributed by atoms with E-state index in [9.17, 15) is 0 Å². The Morgan fingerprint density at radius 3 is 2.86 bits per heavy atom. The van der Waals surface area contributed by atoms with Crippen LogP contribution in [-0.2, 0) is 4.74 Å². The Labute approximate surface area is 86.4 Å². The SMILES string of the molecule is CC(NCC1(N)CCC1)C1CCOC1. The van der Waals surface area contributed by atoms with E-state index in [-0.39, 0.29) is 5.54 Å². The highest BCUT2D eigenvalue weighted by atomic mass is 16.5. The van der Waals surface area contributed by atoms with Crippen molar-refractivity contribution in [1.29, 1.82) is 0 Å². The van der Waals surface area contributed by atoms with Crippen LogP contribution in [0.3, 0.4) is 0 Å². The van der Waals surface area contributed by atoms with Crippen LogP contribution in [0.15, 0.2) is 0 Å². The predicted octanol–water partition coefficient (Wildman–Crippen LogP) is 0.882. The maximum Gasteiger partial charge on any atom is 0.0509 e. The summed E-state index contributed by atoms with van der Waals surface area (Å²) < 4.78 is 5.38. The zero-order valence-corrected chi connectivity index (χ0v) is 9.09. The van der Waals surface area contributed by atoms with Crippen molar-refractivity contribution in [3.8, 4) is 0 Å². The van der Waals surface area contributed by atoms with Crippen LogP contribution < -0.4 is 11.1 Å². The molecule has 0 aromatic heterocycles. The molecule has 1 saturated carbocycles. The maximum absolute atomic E-state index is 6.16. The summed E-state index contributed by atoms with van der Waals surface area (Å²) in [6.07, 6.45) is 4.88. The Hall–Kier alpha value is -0.120. The minimum absolute atomic E-state index is 0.105. The highest BCUT2D eigenvalue weighted by Crippen LogP contribution is 2.28. The van der Waals surface area contributed by atoms with Gasteiger partial charge in [-0.3, -0.25) is 0 Å². The summed E-state index contributed by atoms with van der Waals surface area (Å²) >= 11 is 0. The second kappa shape index (κ2) is 4.17. The molecule has 1 aliphatic carbocycles. The number of nitrogens with two attached hydrogens (primary N) is 1. The average Bonchev–Trinajstić information content (AvgIpc) is 2.63. The number of hydrogen-bond donors (Lipinski definition) is 2. The fourth-order valence-electron chi connectivity index (χ4n) is 2.29. The number of rotatable bonds is 4. The maximum atomic E-state index is 6.16. The van der Waals surface area contributed by atoms with E-state index in [1.54, 1.807) is 0 Å². The number of ether oxygens (including phenoxy) is 1. The van der Waals surface area contributed by atoms with Gasteiger partial charge in [0.25, 0.3) is 0 Å². The Balaban J connectivity index is 1.68. The third kappa shape index (κ3) is 2.27. The lowest BCUT2D eigenvalue weighted by Gasteiger charge is -2.39. The lowest BCUT2D eigenvalue weighted by Crippen LogP contribution is -2.56. The van der Waals surface area contributed by atoms with Crippen molar-refractivity contribution in [1.82, 2.24) is 5.32 Å². The van der Waals surface area contributed by atoms with Crippen LogP contribution in [0.1, 0.15) is 32.6 Å². The van der Waals surface area contributed by atoms with Gasteiger partial charge in [0.15, 0.2) is 0 Å². The van der Waals surface area contributed by atoms with E-state index < -0.39 is 0 Å². The molecular weight excluding hydrogens is 176 g/mol. The topological polar surface area (TPSA) is 47.3 Å². The van der Waals surface area contributed by atoms with Crippen molar-refractivity contribution in [3.63, 3.8) is 0 Å². The minimum Gasteiger partial charge on any atom is -0.381 e. The van der Waals surface area contributed by atoms with Crippen molar-refractivity contribution in [2.75, 3.05) is 19.8 Å². The fourth-order valence-corrected chi connectivity index (χ4v) is 2.29. The van der Waals surface area contributed by atoms with Gasteiger partial charge in [0.1, 0.15) is 0 Å². The molecule has 1 heterocycles. The van der Waals surface area contributed by atoms with E-state index in [0.29, 0.717) is 12.0 Å². The normalized spacial score (nSPS) is 32.6. The van der Waals surface area contributed by atoms with Crippen LogP contribution in [0.5, 0.6) is 0 Å². The Bertz CT molecular complexity index is 186. The van der Waals surface area contributed by atoms with Crippen molar-refractivity contribution in [3.05, 3.63) is 0 Å². The summed E-state index contributed by atoms with van der Waals surface area (Å²) in [4.78, 5) is 0. The summed E-state index contributed by atoms with van der Waals surface area (Å²) in [6.45, 7) is 5.09. The molecule has 0 bridgehead atoms. The first kappa shape index (κ1) is 10.4. The molecule has 0 spiro atoms. The molecule has 3 N–H and O–H groups in total. The zero-order chi connectivity index (χ0) is 10.0. The third-order valence-corrected chi connectivity index (χ3v) is 3.80. The second-order valence-corrected chi connectivity index (χ2v) is 5.01. The molecule has 2 unspecified atom stereocenters. The van der Waals surface area contributed by atoms with E-state index in [4.69, 9.17) is 10.5 Å². The Morgan fingerprint density at radius 1 is 1.57 bits per heavy atom. The van der Waals surface area contributed by atoms with Gasteiger partial charge in [-0.25, -0.2) is 0 Å². The van der Waals surface area contributed by atoms with Crippen LogP contribution in [-0.4, -0.2) is 31.3 Å². The van der Waals surface area contributed by atoms with Gasteiger partial charge in [-0.2, -0.15) is 0 Å². The van der Waals surface area contributed by atoms with E-state index >= 15 is 0 Å².